The molecular formula is C9H9BrClN3. The van der Waals surface area contributed by atoms with Gasteiger partial charge in [0.05, 0.1) is 15.6 Å². The SMILES string of the molecule is CCc1nc(C)nc2[nH]c(Cl)c(Br)c12. The minimum Gasteiger partial charge on any atom is -0.329 e. The van der Waals surface area contributed by atoms with Crippen molar-refractivity contribution in [3.8, 4) is 0 Å². The molecule has 2 heterocycles. The van der Waals surface area contributed by atoms with Crippen molar-refractivity contribution in [2.24, 2.45) is 0 Å². The third-order valence-electron chi connectivity index (χ3n) is 2.07. The third-order valence-corrected chi connectivity index (χ3v) is 3.38. The molecule has 1 N–H and O–H groups in total. The summed E-state index contributed by atoms with van der Waals surface area (Å²) in [5, 5.41) is 1.57. The highest BCUT2D eigenvalue weighted by Gasteiger charge is 2.13. The van der Waals surface area contributed by atoms with Crippen LogP contribution in [0.3, 0.4) is 0 Å². The van der Waals surface area contributed by atoms with Gasteiger partial charge in [-0.05, 0) is 29.3 Å². The van der Waals surface area contributed by atoms with Crippen LogP contribution in [0, 0.1) is 6.92 Å². The van der Waals surface area contributed by atoms with Crippen molar-refractivity contribution >= 4 is 38.6 Å². The molecule has 0 saturated carbocycles. The molecule has 5 heteroatoms. The molecule has 0 amide bonds. The number of nitrogens with zero attached hydrogens (tertiary/aromatic N) is 2. The van der Waals surface area contributed by atoms with E-state index >= 15 is 0 Å². The number of aryl methyl sites for hydroxylation is 2. The summed E-state index contributed by atoms with van der Waals surface area (Å²) in [7, 11) is 0. The Balaban J connectivity index is 2.88. The Hall–Kier alpha value is -0.610. The van der Waals surface area contributed by atoms with Crippen LogP contribution >= 0.6 is 27.5 Å². The van der Waals surface area contributed by atoms with Crippen LogP contribution in [0.25, 0.3) is 11.0 Å². The topological polar surface area (TPSA) is 41.6 Å². The first-order chi connectivity index (χ1) is 6.63. The molecule has 74 valence electrons. The van der Waals surface area contributed by atoms with Gasteiger partial charge in [0.25, 0.3) is 0 Å². The lowest BCUT2D eigenvalue weighted by molar-refractivity contribution is 0.978. The molecule has 0 aliphatic heterocycles. The first-order valence-corrected chi connectivity index (χ1v) is 5.50. The lowest BCUT2D eigenvalue weighted by atomic mass is 10.2. The Morgan fingerprint density at radius 1 is 1.43 bits per heavy atom. The van der Waals surface area contributed by atoms with E-state index in [2.05, 4.69) is 37.8 Å². The lowest BCUT2D eigenvalue weighted by Crippen LogP contribution is -1.95. The van der Waals surface area contributed by atoms with Crippen molar-refractivity contribution in [1.82, 2.24) is 15.0 Å². The van der Waals surface area contributed by atoms with Gasteiger partial charge in [0, 0.05) is 0 Å². The molecule has 0 aromatic carbocycles. The summed E-state index contributed by atoms with van der Waals surface area (Å²) < 4.78 is 0.853. The molecule has 2 aromatic rings. The fourth-order valence-corrected chi connectivity index (χ4v) is 2.18. The molecule has 0 fully saturated rings. The zero-order valence-corrected chi connectivity index (χ0v) is 10.2. The maximum Gasteiger partial charge on any atom is 0.143 e. The van der Waals surface area contributed by atoms with Gasteiger partial charge in [0.15, 0.2) is 0 Å². The van der Waals surface area contributed by atoms with Gasteiger partial charge in [-0.25, -0.2) is 9.97 Å². The molecule has 14 heavy (non-hydrogen) atoms. The van der Waals surface area contributed by atoms with Crippen molar-refractivity contribution < 1.29 is 0 Å². The van der Waals surface area contributed by atoms with Crippen LogP contribution in [-0.4, -0.2) is 15.0 Å². The second-order valence-electron chi connectivity index (χ2n) is 3.05. The summed E-state index contributed by atoms with van der Waals surface area (Å²) in [6, 6.07) is 0. The van der Waals surface area contributed by atoms with E-state index in [-0.39, 0.29) is 0 Å². The average Bonchev–Trinajstić information content (AvgIpc) is 2.41. The van der Waals surface area contributed by atoms with Crippen LogP contribution < -0.4 is 0 Å². The Morgan fingerprint density at radius 3 is 2.79 bits per heavy atom. The van der Waals surface area contributed by atoms with E-state index in [4.69, 9.17) is 11.6 Å². The van der Waals surface area contributed by atoms with Crippen LogP contribution in [0.2, 0.25) is 5.15 Å². The Kier molecular flexibility index (Phi) is 2.49. The number of hydrogen-bond acceptors (Lipinski definition) is 2. The quantitative estimate of drug-likeness (QED) is 0.867. The summed E-state index contributed by atoms with van der Waals surface area (Å²) in [6.07, 6.45) is 0.868. The number of rotatable bonds is 1. The van der Waals surface area contributed by atoms with Crippen LogP contribution in [0.15, 0.2) is 4.47 Å². The van der Waals surface area contributed by atoms with Crippen LogP contribution in [0.4, 0.5) is 0 Å². The van der Waals surface area contributed by atoms with E-state index in [9.17, 15) is 0 Å². The molecule has 0 aliphatic carbocycles. The molecular weight excluding hydrogens is 265 g/mol. The minimum atomic E-state index is 0.578. The second-order valence-corrected chi connectivity index (χ2v) is 4.22. The van der Waals surface area contributed by atoms with E-state index in [1.165, 1.54) is 0 Å². The fraction of sp³-hybridized carbons (Fsp3) is 0.333. The normalized spacial score (nSPS) is 11.1. The number of aromatic amines is 1. The number of H-pyrrole nitrogens is 1. The van der Waals surface area contributed by atoms with E-state index in [0.717, 1.165) is 33.4 Å². The molecule has 0 unspecified atom stereocenters. The molecule has 0 atom stereocenters. The first-order valence-electron chi connectivity index (χ1n) is 4.33. The Morgan fingerprint density at radius 2 is 2.14 bits per heavy atom. The van der Waals surface area contributed by atoms with E-state index in [0.29, 0.717) is 5.15 Å². The molecule has 0 saturated heterocycles. The van der Waals surface area contributed by atoms with Crippen molar-refractivity contribution in [1.29, 1.82) is 0 Å². The molecule has 0 bridgehead atoms. The van der Waals surface area contributed by atoms with E-state index in [1.54, 1.807) is 0 Å². The summed E-state index contributed by atoms with van der Waals surface area (Å²) in [4.78, 5) is 11.7. The lowest BCUT2D eigenvalue weighted by Gasteiger charge is -2.00. The average molecular weight is 275 g/mol. The summed E-state index contributed by atoms with van der Waals surface area (Å²) in [5.41, 5.74) is 1.81. The van der Waals surface area contributed by atoms with Crippen LogP contribution in [0.5, 0.6) is 0 Å². The van der Waals surface area contributed by atoms with Gasteiger partial charge in [0.2, 0.25) is 0 Å². The first kappa shape index (κ1) is 9.93. The van der Waals surface area contributed by atoms with Gasteiger partial charge in [-0.15, -0.1) is 0 Å². The molecule has 3 nitrogen and oxygen atoms in total. The summed E-state index contributed by atoms with van der Waals surface area (Å²) >= 11 is 9.39. The molecule has 0 radical (unpaired) electrons. The highest BCUT2D eigenvalue weighted by molar-refractivity contribution is 9.10. The van der Waals surface area contributed by atoms with Crippen molar-refractivity contribution in [2.75, 3.05) is 0 Å². The fourth-order valence-electron chi connectivity index (χ4n) is 1.48. The van der Waals surface area contributed by atoms with Gasteiger partial charge in [0.1, 0.15) is 16.6 Å². The number of hydrogen-bond donors (Lipinski definition) is 1. The van der Waals surface area contributed by atoms with Gasteiger partial charge < -0.3 is 4.98 Å². The van der Waals surface area contributed by atoms with Crippen LogP contribution in [-0.2, 0) is 6.42 Å². The van der Waals surface area contributed by atoms with Gasteiger partial charge in [-0.3, -0.25) is 0 Å². The highest BCUT2D eigenvalue weighted by atomic mass is 79.9. The van der Waals surface area contributed by atoms with Crippen molar-refractivity contribution in [3.63, 3.8) is 0 Å². The second kappa shape index (κ2) is 3.51. The predicted molar refractivity (Wildman–Crippen MR) is 60.7 cm³/mol. The molecule has 2 rings (SSSR count). The van der Waals surface area contributed by atoms with Gasteiger partial charge in [-0.2, -0.15) is 0 Å². The van der Waals surface area contributed by atoms with Crippen molar-refractivity contribution in [3.05, 3.63) is 21.1 Å². The summed E-state index contributed by atoms with van der Waals surface area (Å²) in [5.74, 6) is 0.764. The van der Waals surface area contributed by atoms with Crippen molar-refractivity contribution in [2.45, 2.75) is 20.3 Å². The Bertz CT molecular complexity index is 492. The van der Waals surface area contributed by atoms with Crippen LogP contribution in [0.1, 0.15) is 18.4 Å². The number of nitrogens with one attached hydrogen (secondary N) is 1. The van der Waals surface area contributed by atoms with E-state index < -0.39 is 0 Å². The smallest absolute Gasteiger partial charge is 0.143 e. The zero-order valence-electron chi connectivity index (χ0n) is 7.86. The third kappa shape index (κ3) is 1.42. The monoisotopic (exact) mass is 273 g/mol. The Labute approximate surface area is 95.0 Å². The highest BCUT2D eigenvalue weighted by Crippen LogP contribution is 2.32. The van der Waals surface area contributed by atoms with Gasteiger partial charge in [-0.1, -0.05) is 18.5 Å². The maximum absolute atomic E-state index is 5.96. The molecule has 2 aromatic heterocycles. The number of aromatic nitrogens is 3. The standard InChI is InChI=1S/C9H9BrClN3/c1-3-5-6-7(10)8(11)14-9(6)13-4(2)12-5/h3H2,1-2H3,(H,12,13,14). The molecule has 0 aliphatic rings. The predicted octanol–water partition coefficient (Wildman–Crippen LogP) is 3.24. The minimum absolute atomic E-state index is 0.578. The van der Waals surface area contributed by atoms with E-state index in [1.807, 2.05) is 6.92 Å². The molecule has 0 spiro atoms. The van der Waals surface area contributed by atoms with Gasteiger partial charge >= 0.3 is 0 Å². The largest absolute Gasteiger partial charge is 0.329 e. The summed E-state index contributed by atoms with van der Waals surface area (Å²) in [6.45, 7) is 3.94. The zero-order chi connectivity index (χ0) is 10.3. The maximum atomic E-state index is 5.96. The number of fused-ring (bicyclic) bond motifs is 1. The number of halogens is 2.